The first kappa shape index (κ1) is 56.8. The van der Waals surface area contributed by atoms with E-state index in [0.29, 0.717) is 22.3 Å². The van der Waals surface area contributed by atoms with Gasteiger partial charge in [0.2, 0.25) is 0 Å². The highest BCUT2D eigenvalue weighted by molar-refractivity contribution is 6.12. The molecule has 0 fully saturated rings. The third-order valence-corrected chi connectivity index (χ3v) is 18.0. The molecule has 9 heteroatoms. The fourth-order valence-electron chi connectivity index (χ4n) is 13.7. The van der Waals surface area contributed by atoms with Crippen LogP contribution in [0.15, 0.2) is 297 Å². The standard InChI is InChI=1S/C86H55N9/c87-54-58-13-9-25-70(41-58)91(74-33-29-62-17-1-5-21-66(62)45-74)78-37-39-85-83(52-78)84-53-79(92(71-26-10-14-59(42-71)55-88)75-34-30-63-18-2-6-22-67(63)46-75)38-40-86(84)95(85)82-50-80(93(72-27-11-15-60(43-72)56-89)76-35-31-64-19-3-7-23-68(64)47-76)49-81(51-82)94(73-28-12-16-61(44-73)57-90)77-36-32-65-20-4-8-24-69(65)48-77/h1,3-5,7-53H,2,6H2. The van der Waals surface area contributed by atoms with Crippen LogP contribution in [0.2, 0.25) is 0 Å². The predicted molar refractivity (Wildman–Crippen MR) is 388 cm³/mol. The fourth-order valence-corrected chi connectivity index (χ4v) is 13.7. The Morgan fingerprint density at radius 1 is 0.242 bits per heavy atom. The van der Waals surface area contributed by atoms with Gasteiger partial charge >= 0.3 is 0 Å². The number of nitriles is 4. The summed E-state index contributed by atoms with van der Waals surface area (Å²) in [5.74, 6) is 0. The molecule has 0 bridgehead atoms. The summed E-state index contributed by atoms with van der Waals surface area (Å²) < 4.78 is 2.35. The van der Waals surface area contributed by atoms with Crippen molar-refractivity contribution in [2.45, 2.75) is 12.8 Å². The van der Waals surface area contributed by atoms with Gasteiger partial charge < -0.3 is 24.2 Å². The average Bonchev–Trinajstić information content (AvgIpc) is 1.61. The SMILES string of the molecule is N#Cc1cccc(N(c2cc(N(c3cccc(C#N)c3)c3ccc4ccccc4c3)cc(-n3c4ccc(N(c5cccc(C#N)c5)c5ccc6c(c5)=CCCC=6)cc4c4cc(N(c5cccc(C#N)c5)c5ccc6ccccc6c5)ccc43)c2)c2ccc3ccccc3c2)c1. The molecule has 0 N–H and O–H groups in total. The van der Waals surface area contributed by atoms with E-state index in [9.17, 15) is 21.0 Å². The molecule has 0 spiro atoms. The van der Waals surface area contributed by atoms with Crippen molar-refractivity contribution in [1.29, 1.82) is 21.0 Å². The molecule has 0 aliphatic heterocycles. The molecule has 15 aromatic rings. The van der Waals surface area contributed by atoms with Gasteiger partial charge in [-0.3, -0.25) is 0 Å². The number of fused-ring (bicyclic) bond motifs is 7. The van der Waals surface area contributed by atoms with Gasteiger partial charge in [-0.25, -0.2) is 0 Å². The highest BCUT2D eigenvalue weighted by Crippen LogP contribution is 2.48. The first-order valence-corrected chi connectivity index (χ1v) is 31.6. The van der Waals surface area contributed by atoms with Crippen LogP contribution in [-0.4, -0.2) is 4.57 Å². The number of nitrogens with zero attached hydrogens (tertiary/aromatic N) is 9. The molecule has 9 nitrogen and oxygen atoms in total. The Bertz CT molecular complexity index is 5770. The Labute approximate surface area is 549 Å². The van der Waals surface area contributed by atoms with Crippen LogP contribution in [0.25, 0.3) is 72.0 Å². The highest BCUT2D eigenvalue weighted by Gasteiger charge is 2.26. The van der Waals surface area contributed by atoms with Crippen molar-refractivity contribution in [1.82, 2.24) is 4.57 Å². The van der Waals surface area contributed by atoms with Crippen LogP contribution in [0.5, 0.6) is 0 Å². The van der Waals surface area contributed by atoms with Crippen LogP contribution >= 0.6 is 0 Å². The van der Waals surface area contributed by atoms with Gasteiger partial charge in [0.15, 0.2) is 0 Å². The predicted octanol–water partition coefficient (Wildman–Crippen LogP) is 21.0. The van der Waals surface area contributed by atoms with Crippen molar-refractivity contribution >= 4 is 135 Å². The normalized spacial score (nSPS) is 11.6. The van der Waals surface area contributed by atoms with E-state index < -0.39 is 0 Å². The van der Waals surface area contributed by atoms with Crippen LogP contribution in [0, 0.1) is 45.3 Å². The second kappa shape index (κ2) is 24.1. The van der Waals surface area contributed by atoms with Crippen molar-refractivity contribution in [3.8, 4) is 30.0 Å². The molecule has 0 saturated heterocycles. The molecule has 1 aromatic heterocycles. The van der Waals surface area contributed by atoms with Gasteiger partial charge in [-0.15, -0.1) is 0 Å². The summed E-state index contributed by atoms with van der Waals surface area (Å²) in [6.07, 6.45) is 6.54. The van der Waals surface area contributed by atoms with Gasteiger partial charge in [0.25, 0.3) is 0 Å². The van der Waals surface area contributed by atoms with Gasteiger partial charge in [0.1, 0.15) is 0 Å². The molecule has 16 rings (SSSR count). The maximum Gasteiger partial charge on any atom is 0.0992 e. The van der Waals surface area contributed by atoms with Crippen LogP contribution in [0.1, 0.15) is 35.1 Å². The molecule has 1 aliphatic rings. The number of hydrogen-bond acceptors (Lipinski definition) is 8. The van der Waals surface area contributed by atoms with Crippen molar-refractivity contribution in [2.75, 3.05) is 19.6 Å². The lowest BCUT2D eigenvalue weighted by Crippen LogP contribution is -2.27. The van der Waals surface area contributed by atoms with Gasteiger partial charge in [0, 0.05) is 67.6 Å². The molecule has 0 unspecified atom stereocenters. The summed E-state index contributed by atoms with van der Waals surface area (Å²) in [5, 5.41) is 52.7. The monoisotopic (exact) mass is 1210 g/mol. The van der Waals surface area contributed by atoms with E-state index in [4.69, 9.17) is 0 Å². The summed E-state index contributed by atoms with van der Waals surface area (Å²) in [4.78, 5) is 8.93. The number of anilines is 12. The van der Waals surface area contributed by atoms with Gasteiger partial charge in [-0.1, -0.05) is 133 Å². The molecule has 0 saturated carbocycles. The molecule has 0 radical (unpaired) electrons. The topological polar surface area (TPSA) is 113 Å². The second-order valence-electron chi connectivity index (χ2n) is 23.8. The van der Waals surface area contributed by atoms with E-state index in [1.165, 1.54) is 5.22 Å². The fraction of sp³-hybridized carbons (Fsp3) is 0.0233. The van der Waals surface area contributed by atoms with Gasteiger partial charge in [0.05, 0.1) is 74.6 Å². The molecular weight excluding hydrogens is 1160 g/mol. The minimum atomic E-state index is 0.516. The smallest absolute Gasteiger partial charge is 0.0992 e. The lowest BCUT2D eigenvalue weighted by molar-refractivity contribution is 1.11. The molecule has 444 valence electrons. The van der Waals surface area contributed by atoms with Gasteiger partial charge in [-0.05, 0) is 232 Å². The van der Waals surface area contributed by atoms with Crippen molar-refractivity contribution in [2.24, 2.45) is 0 Å². The molecule has 95 heavy (non-hydrogen) atoms. The maximum atomic E-state index is 10.6. The first-order chi connectivity index (χ1) is 46.8. The zero-order valence-corrected chi connectivity index (χ0v) is 51.4. The number of hydrogen-bond donors (Lipinski definition) is 0. The quantitative estimate of drug-likeness (QED) is 0.112. The lowest BCUT2D eigenvalue weighted by atomic mass is 10.0. The molecule has 1 heterocycles. The largest absolute Gasteiger partial charge is 0.310 e. The number of aromatic nitrogens is 1. The zero-order chi connectivity index (χ0) is 63.9. The molecule has 14 aromatic carbocycles. The van der Waals surface area contributed by atoms with Crippen LogP contribution < -0.4 is 30.0 Å². The van der Waals surface area contributed by atoms with Crippen LogP contribution in [-0.2, 0) is 0 Å². The van der Waals surface area contributed by atoms with E-state index in [2.05, 4.69) is 273 Å². The minimum Gasteiger partial charge on any atom is -0.310 e. The van der Waals surface area contributed by atoms with Crippen molar-refractivity contribution < 1.29 is 0 Å². The third-order valence-electron chi connectivity index (χ3n) is 18.0. The van der Waals surface area contributed by atoms with Crippen LogP contribution in [0.3, 0.4) is 0 Å². The highest BCUT2D eigenvalue weighted by atomic mass is 15.2. The molecule has 0 amide bonds. The van der Waals surface area contributed by atoms with Crippen LogP contribution in [0.4, 0.5) is 68.2 Å². The van der Waals surface area contributed by atoms with Crippen molar-refractivity contribution in [3.05, 3.63) is 330 Å². The van der Waals surface area contributed by atoms with E-state index in [1.54, 1.807) is 0 Å². The van der Waals surface area contributed by atoms with E-state index in [1.807, 2.05) is 84.9 Å². The van der Waals surface area contributed by atoms with E-state index in [0.717, 1.165) is 146 Å². The lowest BCUT2D eigenvalue weighted by Gasteiger charge is -2.31. The summed E-state index contributed by atoms with van der Waals surface area (Å²) in [7, 11) is 0. The van der Waals surface area contributed by atoms with E-state index in [-0.39, 0.29) is 0 Å². The molecule has 1 aliphatic carbocycles. The Kier molecular flexibility index (Phi) is 14.4. The average molecular weight is 1210 g/mol. The van der Waals surface area contributed by atoms with Gasteiger partial charge in [-0.2, -0.15) is 21.0 Å². The summed E-state index contributed by atoms with van der Waals surface area (Å²) in [5.41, 5.74) is 15.0. The summed E-state index contributed by atoms with van der Waals surface area (Å²) in [6, 6.07) is 112. The Hall–Kier alpha value is -13.4. The second-order valence-corrected chi connectivity index (χ2v) is 23.8. The summed E-state index contributed by atoms with van der Waals surface area (Å²) >= 11 is 0. The Morgan fingerprint density at radius 3 is 0.947 bits per heavy atom. The Morgan fingerprint density at radius 2 is 0.558 bits per heavy atom. The van der Waals surface area contributed by atoms with Crippen molar-refractivity contribution in [3.63, 3.8) is 0 Å². The number of benzene rings is 14. The Balaban J connectivity index is 1.01. The number of rotatable bonds is 13. The molecular formula is C86H55N9. The zero-order valence-electron chi connectivity index (χ0n) is 51.4. The third kappa shape index (κ3) is 10.6. The first-order valence-electron chi connectivity index (χ1n) is 31.6. The summed E-state index contributed by atoms with van der Waals surface area (Å²) in [6.45, 7) is 0. The van der Waals surface area contributed by atoms with E-state index >= 15 is 0 Å². The molecule has 0 atom stereocenters. The maximum absolute atomic E-state index is 10.6. The minimum absolute atomic E-state index is 0.516.